The fourth-order valence-corrected chi connectivity index (χ4v) is 2.29. The minimum Gasteiger partial charge on any atom is -0.507 e. The summed E-state index contributed by atoms with van der Waals surface area (Å²) in [5.41, 5.74) is 5.76. The van der Waals surface area contributed by atoms with Gasteiger partial charge in [-0.25, -0.2) is 0 Å². The third-order valence-corrected chi connectivity index (χ3v) is 3.34. The van der Waals surface area contributed by atoms with Gasteiger partial charge in [-0.3, -0.25) is 4.79 Å². The van der Waals surface area contributed by atoms with Crippen LogP contribution in [-0.4, -0.2) is 48.3 Å². The number of para-hydroxylation sites is 1. The summed E-state index contributed by atoms with van der Waals surface area (Å²) in [7, 11) is 0. The fraction of sp³-hybridized carbons (Fsp3) is 0.500. The van der Waals surface area contributed by atoms with E-state index in [4.69, 9.17) is 10.5 Å². The van der Waals surface area contributed by atoms with Gasteiger partial charge in [0.05, 0.1) is 18.3 Å². The molecule has 1 saturated heterocycles. The Bertz CT molecular complexity index is 428. The Kier molecular flexibility index (Phi) is 4.76. The number of ether oxygens (including phenoxy) is 1. The number of hydrogen-bond donors (Lipinski definition) is 2. The van der Waals surface area contributed by atoms with E-state index >= 15 is 0 Å². The predicted octanol–water partition coefficient (Wildman–Crippen LogP) is 0.972. The van der Waals surface area contributed by atoms with Crippen LogP contribution in [0.5, 0.6) is 5.75 Å². The summed E-state index contributed by atoms with van der Waals surface area (Å²) in [6, 6.07) is 6.64. The maximum Gasteiger partial charge on any atom is 0.257 e. The first-order valence-electron chi connectivity index (χ1n) is 6.61. The lowest BCUT2D eigenvalue weighted by Gasteiger charge is -2.32. The Morgan fingerprint density at radius 1 is 1.37 bits per heavy atom. The van der Waals surface area contributed by atoms with Gasteiger partial charge in [0, 0.05) is 19.6 Å². The third kappa shape index (κ3) is 3.45. The van der Waals surface area contributed by atoms with Crippen LogP contribution < -0.4 is 5.73 Å². The summed E-state index contributed by atoms with van der Waals surface area (Å²) < 4.78 is 5.58. The number of aromatic hydroxyl groups is 1. The zero-order valence-electron chi connectivity index (χ0n) is 10.9. The van der Waals surface area contributed by atoms with Crippen molar-refractivity contribution in [1.29, 1.82) is 0 Å². The average Bonchev–Trinajstić information content (AvgIpc) is 2.45. The highest BCUT2D eigenvalue weighted by Crippen LogP contribution is 2.21. The zero-order chi connectivity index (χ0) is 13.7. The fourth-order valence-electron chi connectivity index (χ4n) is 2.29. The molecule has 5 heteroatoms. The van der Waals surface area contributed by atoms with Crippen molar-refractivity contribution in [3.63, 3.8) is 0 Å². The van der Waals surface area contributed by atoms with E-state index in [1.807, 2.05) is 0 Å². The molecule has 1 amide bonds. The second kappa shape index (κ2) is 6.54. The van der Waals surface area contributed by atoms with Gasteiger partial charge < -0.3 is 20.5 Å². The molecule has 0 spiro atoms. The smallest absolute Gasteiger partial charge is 0.257 e. The number of phenols is 1. The van der Waals surface area contributed by atoms with Crippen molar-refractivity contribution < 1.29 is 14.6 Å². The monoisotopic (exact) mass is 264 g/mol. The molecule has 0 bridgehead atoms. The second-order valence-electron chi connectivity index (χ2n) is 4.67. The maximum atomic E-state index is 12.2. The van der Waals surface area contributed by atoms with E-state index in [0.717, 1.165) is 12.8 Å². The minimum absolute atomic E-state index is 0.0361. The number of amides is 1. The van der Waals surface area contributed by atoms with Gasteiger partial charge in [-0.2, -0.15) is 0 Å². The molecule has 0 aliphatic carbocycles. The third-order valence-electron chi connectivity index (χ3n) is 3.34. The predicted molar refractivity (Wildman–Crippen MR) is 72.0 cm³/mol. The molecule has 1 fully saturated rings. The molecule has 19 heavy (non-hydrogen) atoms. The van der Waals surface area contributed by atoms with Gasteiger partial charge in [-0.1, -0.05) is 12.1 Å². The number of carbonyl (C=O) groups is 1. The first-order valence-corrected chi connectivity index (χ1v) is 6.61. The molecule has 1 aliphatic heterocycles. The number of benzene rings is 1. The first kappa shape index (κ1) is 13.8. The van der Waals surface area contributed by atoms with Gasteiger partial charge in [0.2, 0.25) is 0 Å². The highest BCUT2D eigenvalue weighted by atomic mass is 16.5. The van der Waals surface area contributed by atoms with E-state index in [1.165, 1.54) is 6.07 Å². The van der Waals surface area contributed by atoms with E-state index < -0.39 is 0 Å². The standard InChI is InChI=1S/C14H20N2O3/c15-7-10-19-11-5-8-16(9-6-11)14(18)12-3-1-2-4-13(12)17/h1-4,11,17H,5-10,15H2. The number of piperidine rings is 1. The quantitative estimate of drug-likeness (QED) is 0.849. The van der Waals surface area contributed by atoms with Crippen LogP contribution in [0.3, 0.4) is 0 Å². The lowest BCUT2D eigenvalue weighted by atomic mass is 10.1. The van der Waals surface area contributed by atoms with E-state index in [0.29, 0.717) is 31.8 Å². The Labute approximate surface area is 113 Å². The summed E-state index contributed by atoms with van der Waals surface area (Å²) in [6.45, 7) is 2.40. The minimum atomic E-state index is -0.115. The molecule has 1 aliphatic rings. The van der Waals surface area contributed by atoms with Crippen LogP contribution in [0, 0.1) is 0 Å². The zero-order valence-corrected chi connectivity index (χ0v) is 10.9. The lowest BCUT2D eigenvalue weighted by Crippen LogP contribution is -2.41. The number of carbonyl (C=O) groups excluding carboxylic acids is 1. The molecule has 104 valence electrons. The molecule has 1 aromatic carbocycles. The topological polar surface area (TPSA) is 75.8 Å². The van der Waals surface area contributed by atoms with E-state index in [2.05, 4.69) is 0 Å². The SMILES string of the molecule is NCCOC1CCN(C(=O)c2ccccc2O)CC1. The Morgan fingerprint density at radius 3 is 2.68 bits per heavy atom. The van der Waals surface area contributed by atoms with Crippen molar-refractivity contribution in [2.75, 3.05) is 26.2 Å². The number of nitrogens with two attached hydrogens (primary N) is 1. The Hall–Kier alpha value is -1.59. The van der Waals surface area contributed by atoms with Gasteiger partial charge in [0.15, 0.2) is 0 Å². The van der Waals surface area contributed by atoms with Gasteiger partial charge in [0.25, 0.3) is 5.91 Å². The lowest BCUT2D eigenvalue weighted by molar-refractivity contribution is 0.0121. The highest BCUT2D eigenvalue weighted by molar-refractivity contribution is 5.96. The number of phenolic OH excluding ortho intramolecular Hbond substituents is 1. The molecule has 2 rings (SSSR count). The van der Waals surface area contributed by atoms with Crippen molar-refractivity contribution >= 4 is 5.91 Å². The number of rotatable bonds is 4. The van der Waals surface area contributed by atoms with Crippen molar-refractivity contribution in [2.24, 2.45) is 5.73 Å². The van der Waals surface area contributed by atoms with Crippen LogP contribution >= 0.6 is 0 Å². The highest BCUT2D eigenvalue weighted by Gasteiger charge is 2.25. The van der Waals surface area contributed by atoms with Crippen LogP contribution in [0.2, 0.25) is 0 Å². The summed E-state index contributed by atoms with van der Waals surface area (Å²) in [5, 5.41) is 9.69. The molecule has 1 heterocycles. The normalized spacial score (nSPS) is 16.6. The number of hydrogen-bond acceptors (Lipinski definition) is 4. The summed E-state index contributed by atoms with van der Waals surface area (Å²) in [6.07, 6.45) is 1.83. The Morgan fingerprint density at radius 2 is 2.05 bits per heavy atom. The first-order chi connectivity index (χ1) is 9.22. The van der Waals surface area contributed by atoms with Gasteiger partial charge >= 0.3 is 0 Å². The molecule has 0 atom stereocenters. The maximum absolute atomic E-state index is 12.2. The van der Waals surface area contributed by atoms with Crippen LogP contribution in [0.15, 0.2) is 24.3 Å². The van der Waals surface area contributed by atoms with Crippen LogP contribution in [0.25, 0.3) is 0 Å². The van der Waals surface area contributed by atoms with E-state index in [1.54, 1.807) is 23.1 Å². The van der Waals surface area contributed by atoms with Crippen molar-refractivity contribution in [3.05, 3.63) is 29.8 Å². The molecule has 0 radical (unpaired) electrons. The van der Waals surface area contributed by atoms with Gasteiger partial charge in [-0.05, 0) is 25.0 Å². The molecule has 3 N–H and O–H groups in total. The largest absolute Gasteiger partial charge is 0.507 e. The van der Waals surface area contributed by atoms with Crippen molar-refractivity contribution in [2.45, 2.75) is 18.9 Å². The summed E-state index contributed by atoms with van der Waals surface area (Å²) in [5.74, 6) is -0.0793. The Balaban J connectivity index is 1.91. The molecular formula is C14H20N2O3. The summed E-state index contributed by atoms with van der Waals surface area (Å²) >= 11 is 0. The number of likely N-dealkylation sites (tertiary alicyclic amines) is 1. The molecular weight excluding hydrogens is 244 g/mol. The van der Waals surface area contributed by atoms with E-state index in [-0.39, 0.29) is 17.8 Å². The molecule has 0 saturated carbocycles. The van der Waals surface area contributed by atoms with Crippen LogP contribution in [0.1, 0.15) is 23.2 Å². The van der Waals surface area contributed by atoms with Gasteiger partial charge in [-0.15, -0.1) is 0 Å². The molecule has 1 aromatic rings. The van der Waals surface area contributed by atoms with Gasteiger partial charge in [0.1, 0.15) is 5.75 Å². The van der Waals surface area contributed by atoms with Crippen molar-refractivity contribution in [1.82, 2.24) is 4.90 Å². The average molecular weight is 264 g/mol. The number of nitrogens with zero attached hydrogens (tertiary/aromatic N) is 1. The van der Waals surface area contributed by atoms with Crippen molar-refractivity contribution in [3.8, 4) is 5.75 Å². The summed E-state index contributed by atoms with van der Waals surface area (Å²) in [4.78, 5) is 14.0. The molecule has 0 unspecified atom stereocenters. The molecule has 5 nitrogen and oxygen atoms in total. The van der Waals surface area contributed by atoms with E-state index in [9.17, 15) is 9.90 Å². The van der Waals surface area contributed by atoms with Crippen LogP contribution in [-0.2, 0) is 4.74 Å². The molecule has 0 aromatic heterocycles. The van der Waals surface area contributed by atoms with Crippen LogP contribution in [0.4, 0.5) is 0 Å². The second-order valence-corrected chi connectivity index (χ2v) is 4.67.